The molecule has 0 aromatic heterocycles. The molecule has 154 valence electrons. The molecule has 0 spiro atoms. The highest BCUT2D eigenvalue weighted by Gasteiger charge is 2.37. The van der Waals surface area contributed by atoms with Gasteiger partial charge in [0.25, 0.3) is 0 Å². The van der Waals surface area contributed by atoms with Gasteiger partial charge < -0.3 is 4.74 Å². The number of esters is 1. The Morgan fingerprint density at radius 2 is 1.55 bits per heavy atom. The maximum Gasteiger partial charge on any atom is 0.330 e. The summed E-state index contributed by atoms with van der Waals surface area (Å²) in [5.41, 5.74) is 2.14. The van der Waals surface area contributed by atoms with Gasteiger partial charge in [0.05, 0.1) is 19.0 Å². The standard InChI is InChI=1S/C25H30FNO2/c1-2-29-24(28)22(18-25(19-26)16-10-5-11-17-25)27-23(20-12-6-3-7-13-20)21-14-8-4-9-15-21/h3-4,6-9,12-15,22H,2,5,10-11,16-19H2,1H3. The molecule has 29 heavy (non-hydrogen) atoms. The van der Waals surface area contributed by atoms with Crippen LogP contribution in [0.1, 0.15) is 56.6 Å². The van der Waals surface area contributed by atoms with E-state index in [1.165, 1.54) is 0 Å². The molecule has 1 saturated carbocycles. The molecule has 2 aromatic carbocycles. The Hall–Kier alpha value is -2.49. The summed E-state index contributed by atoms with van der Waals surface area (Å²) in [6.07, 6.45) is 5.16. The minimum Gasteiger partial charge on any atom is -0.464 e. The third kappa shape index (κ3) is 5.53. The fourth-order valence-electron chi connectivity index (χ4n) is 4.19. The Morgan fingerprint density at radius 3 is 2.03 bits per heavy atom. The highest BCUT2D eigenvalue weighted by molar-refractivity contribution is 6.13. The number of rotatable bonds is 8. The number of aliphatic imine (C=N–C) groups is 1. The van der Waals surface area contributed by atoms with E-state index >= 15 is 0 Å². The number of hydrogen-bond donors (Lipinski definition) is 0. The monoisotopic (exact) mass is 395 g/mol. The molecule has 4 heteroatoms. The Kier molecular flexibility index (Phi) is 7.56. The van der Waals surface area contributed by atoms with Gasteiger partial charge in [-0.25, -0.2) is 4.79 Å². The number of alkyl halides is 1. The van der Waals surface area contributed by atoms with Gasteiger partial charge in [0, 0.05) is 16.5 Å². The number of ether oxygens (including phenoxy) is 1. The molecule has 3 rings (SSSR count). The van der Waals surface area contributed by atoms with Crippen molar-refractivity contribution in [1.29, 1.82) is 0 Å². The minimum absolute atomic E-state index is 0.291. The Balaban J connectivity index is 2.01. The van der Waals surface area contributed by atoms with Crippen LogP contribution in [-0.2, 0) is 9.53 Å². The van der Waals surface area contributed by atoms with E-state index in [0.717, 1.165) is 48.9 Å². The third-order valence-corrected chi connectivity index (χ3v) is 5.76. The Bertz CT molecular complexity index is 757. The van der Waals surface area contributed by atoms with E-state index in [4.69, 9.17) is 9.73 Å². The van der Waals surface area contributed by atoms with Crippen LogP contribution in [0.5, 0.6) is 0 Å². The largest absolute Gasteiger partial charge is 0.464 e. The average molecular weight is 396 g/mol. The SMILES string of the molecule is CCOC(=O)C(CC1(CF)CCCCC1)N=C(c1ccccc1)c1ccccc1. The van der Waals surface area contributed by atoms with Crippen molar-refractivity contribution in [3.63, 3.8) is 0 Å². The van der Waals surface area contributed by atoms with Crippen molar-refractivity contribution in [1.82, 2.24) is 0 Å². The average Bonchev–Trinajstić information content (AvgIpc) is 2.78. The quantitative estimate of drug-likeness (QED) is 0.421. The first-order valence-electron chi connectivity index (χ1n) is 10.6. The molecule has 1 fully saturated rings. The second-order valence-electron chi connectivity index (χ2n) is 7.88. The number of nitrogens with zero attached hydrogens (tertiary/aromatic N) is 1. The van der Waals surface area contributed by atoms with Gasteiger partial charge in [-0.1, -0.05) is 79.9 Å². The van der Waals surface area contributed by atoms with E-state index in [1.807, 2.05) is 60.7 Å². The van der Waals surface area contributed by atoms with Gasteiger partial charge in [-0.3, -0.25) is 9.38 Å². The zero-order chi connectivity index (χ0) is 20.5. The fourth-order valence-corrected chi connectivity index (χ4v) is 4.19. The summed E-state index contributed by atoms with van der Waals surface area (Å²) in [6, 6.07) is 19.0. The molecule has 0 aliphatic heterocycles. The number of benzene rings is 2. The molecule has 2 aromatic rings. The molecular formula is C25H30FNO2. The zero-order valence-corrected chi connectivity index (χ0v) is 17.1. The number of hydrogen-bond acceptors (Lipinski definition) is 3. The normalized spacial score (nSPS) is 16.6. The van der Waals surface area contributed by atoms with Crippen molar-refractivity contribution in [3.05, 3.63) is 71.8 Å². The maximum absolute atomic E-state index is 14.1. The summed E-state index contributed by atoms with van der Waals surface area (Å²) in [5.74, 6) is -0.365. The van der Waals surface area contributed by atoms with Gasteiger partial charge in [0.15, 0.2) is 0 Å². The highest BCUT2D eigenvalue weighted by Crippen LogP contribution is 2.41. The first-order chi connectivity index (χ1) is 14.2. The topological polar surface area (TPSA) is 38.7 Å². The van der Waals surface area contributed by atoms with Crippen molar-refractivity contribution in [2.45, 2.75) is 51.5 Å². The molecule has 1 aliphatic carbocycles. The maximum atomic E-state index is 14.1. The van der Waals surface area contributed by atoms with E-state index in [0.29, 0.717) is 13.0 Å². The molecule has 0 radical (unpaired) electrons. The molecule has 0 bridgehead atoms. The van der Waals surface area contributed by atoms with Gasteiger partial charge in [-0.2, -0.15) is 0 Å². The first kappa shape index (κ1) is 21.2. The van der Waals surface area contributed by atoms with Gasteiger partial charge in [-0.15, -0.1) is 0 Å². The fraction of sp³-hybridized carbons (Fsp3) is 0.440. The third-order valence-electron chi connectivity index (χ3n) is 5.76. The van der Waals surface area contributed by atoms with E-state index in [-0.39, 0.29) is 5.97 Å². The predicted molar refractivity (Wildman–Crippen MR) is 115 cm³/mol. The van der Waals surface area contributed by atoms with Crippen LogP contribution in [0.15, 0.2) is 65.7 Å². The van der Waals surface area contributed by atoms with Crippen molar-refractivity contribution < 1.29 is 13.9 Å². The number of halogens is 1. The number of carbonyl (C=O) groups is 1. The molecule has 1 atom stereocenters. The molecule has 3 nitrogen and oxygen atoms in total. The Labute approximate surface area is 173 Å². The van der Waals surface area contributed by atoms with Crippen LogP contribution in [0, 0.1) is 5.41 Å². The van der Waals surface area contributed by atoms with Gasteiger partial charge in [-0.05, 0) is 26.2 Å². The van der Waals surface area contributed by atoms with Crippen molar-refractivity contribution in [2.75, 3.05) is 13.3 Å². The summed E-state index contributed by atoms with van der Waals surface area (Å²) < 4.78 is 19.5. The van der Waals surface area contributed by atoms with Crippen molar-refractivity contribution in [3.8, 4) is 0 Å². The highest BCUT2D eigenvalue weighted by atomic mass is 19.1. The van der Waals surface area contributed by atoms with Crippen LogP contribution in [0.4, 0.5) is 4.39 Å². The second-order valence-corrected chi connectivity index (χ2v) is 7.88. The molecule has 0 amide bonds. The summed E-state index contributed by atoms with van der Waals surface area (Å²) >= 11 is 0. The van der Waals surface area contributed by atoms with Crippen LogP contribution in [0.2, 0.25) is 0 Å². The van der Waals surface area contributed by atoms with Crippen LogP contribution in [0.25, 0.3) is 0 Å². The van der Waals surface area contributed by atoms with Crippen LogP contribution in [0.3, 0.4) is 0 Å². The summed E-state index contributed by atoms with van der Waals surface area (Å²) in [6.45, 7) is 1.67. The predicted octanol–water partition coefficient (Wildman–Crippen LogP) is 5.77. The lowest BCUT2D eigenvalue weighted by Crippen LogP contribution is -2.35. The lowest BCUT2D eigenvalue weighted by molar-refractivity contribution is -0.145. The summed E-state index contributed by atoms with van der Waals surface area (Å²) in [5, 5.41) is 0. The van der Waals surface area contributed by atoms with Gasteiger partial charge in [0.1, 0.15) is 6.04 Å². The first-order valence-corrected chi connectivity index (χ1v) is 10.6. The van der Waals surface area contributed by atoms with Crippen LogP contribution < -0.4 is 0 Å². The Morgan fingerprint density at radius 1 is 1.00 bits per heavy atom. The molecule has 0 saturated heterocycles. The smallest absolute Gasteiger partial charge is 0.330 e. The lowest BCUT2D eigenvalue weighted by Gasteiger charge is -2.36. The van der Waals surface area contributed by atoms with Gasteiger partial charge in [0.2, 0.25) is 0 Å². The zero-order valence-electron chi connectivity index (χ0n) is 17.1. The van der Waals surface area contributed by atoms with Gasteiger partial charge >= 0.3 is 5.97 Å². The molecule has 1 unspecified atom stereocenters. The van der Waals surface area contributed by atoms with E-state index < -0.39 is 18.1 Å². The van der Waals surface area contributed by atoms with E-state index in [1.54, 1.807) is 6.92 Å². The van der Waals surface area contributed by atoms with Crippen molar-refractivity contribution in [2.24, 2.45) is 10.4 Å². The van der Waals surface area contributed by atoms with E-state index in [9.17, 15) is 9.18 Å². The van der Waals surface area contributed by atoms with Crippen molar-refractivity contribution >= 4 is 11.7 Å². The van der Waals surface area contributed by atoms with E-state index in [2.05, 4.69) is 0 Å². The second kappa shape index (κ2) is 10.3. The summed E-state index contributed by atoms with van der Waals surface area (Å²) in [7, 11) is 0. The molecule has 0 heterocycles. The summed E-state index contributed by atoms with van der Waals surface area (Å²) in [4.78, 5) is 17.7. The molecular weight excluding hydrogens is 365 g/mol. The van der Waals surface area contributed by atoms with Crippen LogP contribution in [-0.4, -0.2) is 31.0 Å². The number of carbonyl (C=O) groups excluding carboxylic acids is 1. The lowest BCUT2D eigenvalue weighted by atomic mass is 9.71. The minimum atomic E-state index is -0.709. The molecule has 1 aliphatic rings. The molecule has 0 N–H and O–H groups in total. The van der Waals surface area contributed by atoms with Crippen LogP contribution >= 0.6 is 0 Å².